The van der Waals surface area contributed by atoms with Gasteiger partial charge in [0.1, 0.15) is 0 Å². The number of aromatic nitrogens is 1. The number of nitrogens with zero attached hydrogens (tertiary/aromatic N) is 1. The van der Waals surface area contributed by atoms with Crippen LogP contribution in [0.2, 0.25) is 0 Å². The molecule has 162 valence electrons. The molecule has 31 heavy (non-hydrogen) atoms. The number of ether oxygens (including phenoxy) is 1. The first-order chi connectivity index (χ1) is 15.0. The van der Waals surface area contributed by atoms with Crippen LogP contribution in [-0.2, 0) is 22.7 Å². The summed E-state index contributed by atoms with van der Waals surface area (Å²) in [6.07, 6.45) is 5.32. The quantitative estimate of drug-likeness (QED) is 0.530. The zero-order valence-electron chi connectivity index (χ0n) is 17.8. The Morgan fingerprint density at radius 3 is 2.35 bits per heavy atom. The molecule has 1 aromatic heterocycles. The molecule has 3 aromatic rings. The highest BCUT2D eigenvalue weighted by atomic mass is 19.3. The Bertz CT molecular complexity index is 981. The molecule has 0 spiro atoms. The molecule has 1 aliphatic rings. The van der Waals surface area contributed by atoms with Gasteiger partial charge in [0.15, 0.2) is 0 Å². The number of rotatable bonds is 7. The predicted octanol–water partition coefficient (Wildman–Crippen LogP) is 5.70. The van der Waals surface area contributed by atoms with E-state index in [1.54, 1.807) is 24.5 Å². The average molecular weight is 423 g/mol. The number of alkyl halides is 2. The maximum Gasteiger partial charge on any atom is 0.270 e. The van der Waals surface area contributed by atoms with E-state index in [1.807, 2.05) is 24.3 Å². The van der Waals surface area contributed by atoms with Crippen LogP contribution in [0.1, 0.15) is 36.5 Å². The van der Waals surface area contributed by atoms with Crippen molar-refractivity contribution in [3.05, 3.63) is 89.7 Å². The van der Waals surface area contributed by atoms with Gasteiger partial charge in [-0.05, 0) is 78.5 Å². The van der Waals surface area contributed by atoms with Gasteiger partial charge < -0.3 is 10.1 Å². The SMILES string of the molecule is CC(F)(F)c1cc(COCC2(c3ccccc3)CCNCC2)cc(-c2ccncc2)c1. The van der Waals surface area contributed by atoms with Crippen molar-refractivity contribution in [3.63, 3.8) is 0 Å². The number of benzene rings is 2. The zero-order chi connectivity index (χ0) is 21.7. The molecule has 0 bridgehead atoms. The second-order valence-corrected chi connectivity index (χ2v) is 8.43. The van der Waals surface area contributed by atoms with Crippen molar-refractivity contribution >= 4 is 0 Å². The fraction of sp³-hybridized carbons (Fsp3) is 0.346. The van der Waals surface area contributed by atoms with Gasteiger partial charge in [0, 0.05) is 30.3 Å². The Morgan fingerprint density at radius 2 is 1.68 bits per heavy atom. The van der Waals surface area contributed by atoms with Gasteiger partial charge in [-0.3, -0.25) is 4.98 Å². The second-order valence-electron chi connectivity index (χ2n) is 8.43. The van der Waals surface area contributed by atoms with Gasteiger partial charge in [-0.25, -0.2) is 8.78 Å². The van der Waals surface area contributed by atoms with Gasteiger partial charge in [-0.15, -0.1) is 0 Å². The molecule has 2 heterocycles. The Kier molecular flexibility index (Phi) is 6.44. The van der Waals surface area contributed by atoms with Gasteiger partial charge >= 0.3 is 0 Å². The second kappa shape index (κ2) is 9.25. The highest BCUT2D eigenvalue weighted by molar-refractivity contribution is 5.65. The van der Waals surface area contributed by atoms with E-state index >= 15 is 0 Å². The molecule has 0 aliphatic carbocycles. The highest BCUT2D eigenvalue weighted by Crippen LogP contribution is 2.35. The average Bonchev–Trinajstić information content (AvgIpc) is 2.80. The third kappa shape index (κ3) is 5.17. The normalized spacial score (nSPS) is 16.2. The molecule has 1 aliphatic heterocycles. The van der Waals surface area contributed by atoms with E-state index in [0.29, 0.717) is 13.2 Å². The summed E-state index contributed by atoms with van der Waals surface area (Å²) in [5.41, 5.74) is 3.60. The van der Waals surface area contributed by atoms with E-state index in [1.165, 1.54) is 5.56 Å². The predicted molar refractivity (Wildman–Crippen MR) is 119 cm³/mol. The molecule has 2 aromatic carbocycles. The van der Waals surface area contributed by atoms with Crippen LogP contribution in [0.3, 0.4) is 0 Å². The van der Waals surface area contributed by atoms with Crippen molar-refractivity contribution < 1.29 is 13.5 Å². The van der Waals surface area contributed by atoms with E-state index in [9.17, 15) is 8.78 Å². The first-order valence-corrected chi connectivity index (χ1v) is 10.7. The minimum Gasteiger partial charge on any atom is -0.376 e. The summed E-state index contributed by atoms with van der Waals surface area (Å²) < 4.78 is 34.5. The summed E-state index contributed by atoms with van der Waals surface area (Å²) in [5.74, 6) is -2.92. The summed E-state index contributed by atoms with van der Waals surface area (Å²) in [6.45, 7) is 3.69. The van der Waals surface area contributed by atoms with Gasteiger partial charge in [-0.1, -0.05) is 30.3 Å². The van der Waals surface area contributed by atoms with Gasteiger partial charge in [0.05, 0.1) is 13.2 Å². The third-order valence-corrected chi connectivity index (χ3v) is 6.11. The molecule has 4 rings (SSSR count). The molecule has 1 saturated heterocycles. The summed E-state index contributed by atoms with van der Waals surface area (Å²) in [5, 5.41) is 3.42. The lowest BCUT2D eigenvalue weighted by Gasteiger charge is -2.38. The van der Waals surface area contributed by atoms with Crippen LogP contribution >= 0.6 is 0 Å². The third-order valence-electron chi connectivity index (χ3n) is 6.11. The van der Waals surface area contributed by atoms with Crippen LogP contribution in [-0.4, -0.2) is 24.7 Å². The summed E-state index contributed by atoms with van der Waals surface area (Å²) in [7, 11) is 0. The standard InChI is InChI=1S/C26H28F2N2O/c1-25(27,28)24-16-20(15-22(17-24)21-7-11-29-12-8-21)18-31-19-26(9-13-30-14-10-26)23-5-3-2-4-6-23/h2-8,11-12,15-17,30H,9-10,13-14,18-19H2,1H3. The lowest BCUT2D eigenvalue weighted by atomic mass is 9.74. The Hall–Kier alpha value is -2.63. The van der Waals surface area contributed by atoms with E-state index in [-0.39, 0.29) is 11.0 Å². The number of pyridine rings is 1. The van der Waals surface area contributed by atoms with E-state index in [0.717, 1.165) is 49.5 Å². The Morgan fingerprint density at radius 1 is 0.968 bits per heavy atom. The monoisotopic (exact) mass is 422 g/mol. The van der Waals surface area contributed by atoms with Crippen molar-refractivity contribution in [2.45, 2.75) is 37.7 Å². The minimum atomic E-state index is -2.92. The largest absolute Gasteiger partial charge is 0.376 e. The van der Waals surface area contributed by atoms with Crippen molar-refractivity contribution in [2.75, 3.05) is 19.7 Å². The van der Waals surface area contributed by atoms with Crippen LogP contribution < -0.4 is 5.32 Å². The van der Waals surface area contributed by atoms with E-state index in [4.69, 9.17) is 4.74 Å². The summed E-state index contributed by atoms with van der Waals surface area (Å²) in [6, 6.07) is 19.2. The fourth-order valence-electron chi connectivity index (χ4n) is 4.32. The molecule has 0 amide bonds. The molecular formula is C26H28F2N2O. The van der Waals surface area contributed by atoms with Crippen LogP contribution in [0.15, 0.2) is 73.1 Å². The topological polar surface area (TPSA) is 34.1 Å². The molecule has 0 radical (unpaired) electrons. The van der Waals surface area contributed by atoms with E-state index in [2.05, 4.69) is 34.6 Å². The van der Waals surface area contributed by atoms with Gasteiger partial charge in [-0.2, -0.15) is 0 Å². The lowest BCUT2D eigenvalue weighted by Crippen LogP contribution is -2.43. The zero-order valence-corrected chi connectivity index (χ0v) is 17.8. The first-order valence-electron chi connectivity index (χ1n) is 10.7. The molecule has 0 unspecified atom stereocenters. The number of hydrogen-bond donors (Lipinski definition) is 1. The van der Waals surface area contributed by atoms with Crippen molar-refractivity contribution in [1.82, 2.24) is 10.3 Å². The molecule has 3 nitrogen and oxygen atoms in total. The molecule has 1 N–H and O–H groups in total. The number of piperidine rings is 1. The maximum atomic E-state index is 14.2. The number of nitrogens with one attached hydrogen (secondary N) is 1. The van der Waals surface area contributed by atoms with Crippen molar-refractivity contribution in [3.8, 4) is 11.1 Å². The lowest BCUT2D eigenvalue weighted by molar-refractivity contribution is 0.0170. The summed E-state index contributed by atoms with van der Waals surface area (Å²) in [4.78, 5) is 4.02. The van der Waals surface area contributed by atoms with Crippen molar-refractivity contribution in [1.29, 1.82) is 0 Å². The molecule has 0 atom stereocenters. The van der Waals surface area contributed by atoms with Crippen LogP contribution in [0.25, 0.3) is 11.1 Å². The minimum absolute atomic E-state index is 0.0000475. The molecular weight excluding hydrogens is 394 g/mol. The van der Waals surface area contributed by atoms with Crippen LogP contribution in [0, 0.1) is 0 Å². The van der Waals surface area contributed by atoms with Gasteiger partial charge in [0.25, 0.3) is 5.92 Å². The Balaban J connectivity index is 1.56. The molecule has 1 fully saturated rings. The Labute approximate surface area is 182 Å². The van der Waals surface area contributed by atoms with Crippen LogP contribution in [0.4, 0.5) is 8.78 Å². The van der Waals surface area contributed by atoms with Crippen molar-refractivity contribution in [2.24, 2.45) is 0 Å². The molecule has 0 saturated carbocycles. The number of halogens is 2. The highest BCUT2D eigenvalue weighted by Gasteiger charge is 2.34. The molecule has 5 heteroatoms. The van der Waals surface area contributed by atoms with Crippen LogP contribution in [0.5, 0.6) is 0 Å². The smallest absolute Gasteiger partial charge is 0.270 e. The maximum absolute atomic E-state index is 14.2. The fourth-order valence-corrected chi connectivity index (χ4v) is 4.32. The van der Waals surface area contributed by atoms with Gasteiger partial charge in [0.2, 0.25) is 0 Å². The van der Waals surface area contributed by atoms with E-state index < -0.39 is 5.92 Å². The number of hydrogen-bond acceptors (Lipinski definition) is 3. The first kappa shape index (κ1) is 21.6. The summed E-state index contributed by atoms with van der Waals surface area (Å²) >= 11 is 0.